The molecule has 0 amide bonds. The summed E-state index contributed by atoms with van der Waals surface area (Å²) in [6.45, 7) is 7.58. The molecule has 5 nitrogen and oxygen atoms in total. The van der Waals surface area contributed by atoms with E-state index in [2.05, 4.69) is 18.1 Å². The van der Waals surface area contributed by atoms with Gasteiger partial charge in [0, 0.05) is 6.07 Å². The maximum atomic E-state index is 10.8. The lowest BCUT2D eigenvalue weighted by atomic mass is 10.3. The van der Waals surface area contributed by atoms with E-state index in [9.17, 15) is 4.79 Å². The highest BCUT2D eigenvalue weighted by molar-refractivity contribution is 5.86. The van der Waals surface area contributed by atoms with E-state index >= 15 is 0 Å². The molecule has 0 spiro atoms. The molecule has 17 heavy (non-hydrogen) atoms. The summed E-state index contributed by atoms with van der Waals surface area (Å²) in [4.78, 5) is 14.5. The zero-order valence-electron chi connectivity index (χ0n) is 9.26. The van der Waals surface area contributed by atoms with Crippen LogP contribution in [0.25, 0.3) is 0 Å². The zero-order valence-corrected chi connectivity index (χ0v) is 9.26. The van der Waals surface area contributed by atoms with Crippen LogP contribution in [0.15, 0.2) is 37.6 Å². The maximum Gasteiger partial charge on any atom is 0.354 e. The number of carboxylic acids is 1. The second-order valence-electron chi connectivity index (χ2n) is 3.02. The second kappa shape index (κ2) is 6.32. The zero-order chi connectivity index (χ0) is 12.7. The van der Waals surface area contributed by atoms with Crippen LogP contribution in [0.1, 0.15) is 10.5 Å². The normalized spacial score (nSPS) is 9.41. The van der Waals surface area contributed by atoms with Crippen molar-refractivity contribution in [2.45, 2.75) is 0 Å². The summed E-state index contributed by atoms with van der Waals surface area (Å²) >= 11 is 0. The van der Waals surface area contributed by atoms with Crippen LogP contribution in [0.2, 0.25) is 0 Å². The first-order chi connectivity index (χ1) is 8.19. The summed E-state index contributed by atoms with van der Waals surface area (Å²) in [5.74, 6) is -0.431. The average Bonchev–Trinajstić information content (AvgIpc) is 2.34. The fraction of sp³-hybridized carbons (Fsp3) is 0.167. The first-order valence-electron chi connectivity index (χ1n) is 4.89. The smallest absolute Gasteiger partial charge is 0.354 e. The third kappa shape index (κ3) is 3.64. The van der Waals surface area contributed by atoms with Gasteiger partial charge in [0.2, 0.25) is 0 Å². The van der Waals surface area contributed by atoms with Crippen molar-refractivity contribution in [3.63, 3.8) is 0 Å². The lowest BCUT2D eigenvalue weighted by molar-refractivity contribution is 0.0690. The number of nitrogens with zero attached hydrogens (tertiary/aromatic N) is 1. The Bertz CT molecular complexity index is 429. The Kier molecular flexibility index (Phi) is 4.75. The Hall–Kier alpha value is -2.30. The highest BCUT2D eigenvalue weighted by Gasteiger charge is 2.11. The Balaban J connectivity index is 2.97. The average molecular weight is 235 g/mol. The molecular weight excluding hydrogens is 222 g/mol. The largest absolute Gasteiger partial charge is 0.486 e. The van der Waals surface area contributed by atoms with E-state index in [0.717, 1.165) is 0 Å². The fourth-order valence-corrected chi connectivity index (χ4v) is 1.06. The molecule has 1 aromatic rings. The van der Waals surface area contributed by atoms with Gasteiger partial charge in [-0.2, -0.15) is 0 Å². The number of aromatic carboxylic acids is 1. The standard InChI is InChI=1S/C12H13NO4/c1-3-5-16-10-7-9(12(14)15)13-8-11(10)17-6-4-2/h3-4,7-8H,1-2,5-6H2,(H,14,15). The van der Waals surface area contributed by atoms with Gasteiger partial charge in [-0.25, -0.2) is 9.78 Å². The molecule has 0 unspecified atom stereocenters. The van der Waals surface area contributed by atoms with Crippen LogP contribution in [-0.4, -0.2) is 29.3 Å². The molecular formula is C12H13NO4. The van der Waals surface area contributed by atoms with E-state index in [4.69, 9.17) is 14.6 Å². The molecule has 0 fully saturated rings. The molecule has 1 rings (SSSR count). The van der Waals surface area contributed by atoms with E-state index in [1.807, 2.05) is 0 Å². The summed E-state index contributed by atoms with van der Waals surface area (Å²) in [5.41, 5.74) is -0.102. The van der Waals surface area contributed by atoms with Crippen molar-refractivity contribution in [1.82, 2.24) is 4.98 Å². The Morgan fingerprint density at radius 2 is 1.88 bits per heavy atom. The van der Waals surface area contributed by atoms with Gasteiger partial charge in [-0.1, -0.05) is 25.3 Å². The number of hydrogen-bond donors (Lipinski definition) is 1. The van der Waals surface area contributed by atoms with Gasteiger partial charge in [0.05, 0.1) is 6.20 Å². The highest BCUT2D eigenvalue weighted by atomic mass is 16.5. The quantitative estimate of drug-likeness (QED) is 0.731. The number of aromatic nitrogens is 1. The third-order valence-corrected chi connectivity index (χ3v) is 1.76. The van der Waals surface area contributed by atoms with E-state index in [-0.39, 0.29) is 12.3 Å². The van der Waals surface area contributed by atoms with Gasteiger partial charge in [-0.15, -0.1) is 0 Å². The highest BCUT2D eigenvalue weighted by Crippen LogP contribution is 2.26. The van der Waals surface area contributed by atoms with Gasteiger partial charge in [0.25, 0.3) is 0 Å². The molecule has 0 aliphatic carbocycles. The predicted octanol–water partition coefficient (Wildman–Crippen LogP) is 1.91. The van der Waals surface area contributed by atoms with Crippen molar-refractivity contribution < 1.29 is 19.4 Å². The molecule has 0 atom stereocenters. The maximum absolute atomic E-state index is 10.8. The minimum absolute atomic E-state index is 0.102. The van der Waals surface area contributed by atoms with Crippen molar-refractivity contribution in [2.24, 2.45) is 0 Å². The van der Waals surface area contributed by atoms with Crippen LogP contribution < -0.4 is 9.47 Å². The summed E-state index contributed by atoms with van der Waals surface area (Å²) in [5, 5.41) is 8.81. The Morgan fingerprint density at radius 3 is 2.41 bits per heavy atom. The molecule has 90 valence electrons. The summed E-state index contributed by atoms with van der Waals surface area (Å²) in [6.07, 6.45) is 4.44. The number of hydrogen-bond acceptors (Lipinski definition) is 4. The van der Waals surface area contributed by atoms with Crippen LogP contribution >= 0.6 is 0 Å². The molecule has 0 aromatic carbocycles. The van der Waals surface area contributed by atoms with Crippen LogP contribution in [-0.2, 0) is 0 Å². The Morgan fingerprint density at radius 1 is 1.29 bits per heavy atom. The molecule has 1 aromatic heterocycles. The van der Waals surface area contributed by atoms with Crippen molar-refractivity contribution >= 4 is 5.97 Å². The third-order valence-electron chi connectivity index (χ3n) is 1.76. The van der Waals surface area contributed by atoms with E-state index in [1.54, 1.807) is 12.2 Å². The minimum atomic E-state index is -1.12. The van der Waals surface area contributed by atoms with Gasteiger partial charge in [-0.05, 0) is 0 Å². The van der Waals surface area contributed by atoms with Crippen LogP contribution in [0.4, 0.5) is 0 Å². The molecule has 0 aliphatic rings. The fourth-order valence-electron chi connectivity index (χ4n) is 1.06. The van der Waals surface area contributed by atoms with Crippen molar-refractivity contribution in [3.8, 4) is 11.5 Å². The summed E-state index contributed by atoms with van der Waals surface area (Å²) in [6, 6.07) is 1.31. The molecule has 0 radical (unpaired) electrons. The summed E-state index contributed by atoms with van der Waals surface area (Å²) in [7, 11) is 0. The molecule has 0 aliphatic heterocycles. The first-order valence-corrected chi connectivity index (χ1v) is 4.89. The molecule has 0 saturated carbocycles. The molecule has 1 heterocycles. The molecule has 0 saturated heterocycles. The molecule has 0 bridgehead atoms. The van der Waals surface area contributed by atoms with Crippen LogP contribution in [0.3, 0.4) is 0 Å². The first kappa shape index (κ1) is 12.8. The van der Waals surface area contributed by atoms with Crippen LogP contribution in [0, 0.1) is 0 Å². The van der Waals surface area contributed by atoms with Gasteiger partial charge < -0.3 is 14.6 Å². The van der Waals surface area contributed by atoms with E-state index in [1.165, 1.54) is 12.3 Å². The number of carboxylic acid groups (broad SMARTS) is 1. The number of rotatable bonds is 7. The van der Waals surface area contributed by atoms with Gasteiger partial charge in [0.15, 0.2) is 17.2 Å². The van der Waals surface area contributed by atoms with E-state index in [0.29, 0.717) is 18.1 Å². The topological polar surface area (TPSA) is 68.7 Å². The molecule has 1 N–H and O–H groups in total. The number of pyridine rings is 1. The minimum Gasteiger partial charge on any atom is -0.486 e. The predicted molar refractivity (Wildman–Crippen MR) is 62.6 cm³/mol. The van der Waals surface area contributed by atoms with Crippen molar-refractivity contribution in [3.05, 3.63) is 43.3 Å². The number of carbonyl (C=O) groups is 1. The lowest BCUT2D eigenvalue weighted by Gasteiger charge is -2.10. The lowest BCUT2D eigenvalue weighted by Crippen LogP contribution is -2.05. The SMILES string of the molecule is C=CCOc1cnc(C(=O)O)cc1OCC=C. The Labute approximate surface area is 99.0 Å². The monoisotopic (exact) mass is 235 g/mol. The van der Waals surface area contributed by atoms with Gasteiger partial charge >= 0.3 is 5.97 Å². The van der Waals surface area contributed by atoms with E-state index < -0.39 is 5.97 Å². The summed E-state index contributed by atoms with van der Waals surface area (Å²) < 4.78 is 10.6. The van der Waals surface area contributed by atoms with Crippen molar-refractivity contribution in [2.75, 3.05) is 13.2 Å². The second-order valence-corrected chi connectivity index (χ2v) is 3.02. The van der Waals surface area contributed by atoms with Crippen molar-refractivity contribution in [1.29, 1.82) is 0 Å². The van der Waals surface area contributed by atoms with Gasteiger partial charge in [-0.3, -0.25) is 0 Å². The molecule has 5 heteroatoms. The van der Waals surface area contributed by atoms with Crippen LogP contribution in [0.5, 0.6) is 11.5 Å². The number of ether oxygens (including phenoxy) is 2. The van der Waals surface area contributed by atoms with Gasteiger partial charge in [0.1, 0.15) is 13.2 Å².